The Morgan fingerprint density at radius 3 is 2.36 bits per heavy atom. The van der Waals surface area contributed by atoms with E-state index in [1.807, 2.05) is 0 Å². The second-order valence-electron chi connectivity index (χ2n) is 4.99. The van der Waals surface area contributed by atoms with Crippen LogP contribution in [0.25, 0.3) is 0 Å². The van der Waals surface area contributed by atoms with Gasteiger partial charge in [0.2, 0.25) is 6.41 Å². The van der Waals surface area contributed by atoms with Gasteiger partial charge in [0.15, 0.2) is 0 Å². The van der Waals surface area contributed by atoms with Crippen LogP contribution >= 0.6 is 27.5 Å². The van der Waals surface area contributed by atoms with Crippen molar-refractivity contribution in [2.24, 2.45) is 0 Å². The summed E-state index contributed by atoms with van der Waals surface area (Å²) in [5.41, 5.74) is 4.40. The minimum Gasteiger partial charge on any atom is -0.457 e. The monoisotopic (exact) mass is 417 g/mol. The molecule has 0 aliphatic carbocycles. The van der Waals surface area contributed by atoms with E-state index in [0.29, 0.717) is 28.6 Å². The van der Waals surface area contributed by atoms with E-state index in [0.717, 1.165) is 10.2 Å². The van der Waals surface area contributed by atoms with Crippen molar-refractivity contribution in [3.63, 3.8) is 0 Å². The third-order valence-corrected chi connectivity index (χ3v) is 4.49. The van der Waals surface area contributed by atoms with Crippen LogP contribution in [0.1, 0.15) is 0 Å². The Morgan fingerprint density at radius 2 is 1.72 bits per heavy atom. The van der Waals surface area contributed by atoms with E-state index in [2.05, 4.69) is 26.3 Å². The number of hydrogen-bond acceptors (Lipinski definition) is 4. The maximum Gasteiger partial charge on any atom is 0.232 e. The molecule has 1 aromatic heterocycles. The molecule has 3 rings (SSSR count). The molecule has 1 amide bonds. The highest BCUT2D eigenvalue weighted by Gasteiger charge is 2.07. The summed E-state index contributed by atoms with van der Waals surface area (Å²) in [5, 5.41) is 1.96. The first-order valence-corrected chi connectivity index (χ1v) is 8.47. The second-order valence-corrected chi connectivity index (χ2v) is 6.26. The van der Waals surface area contributed by atoms with E-state index < -0.39 is 0 Å². The average Bonchev–Trinajstić information content (AvgIpc) is 2.64. The van der Waals surface area contributed by atoms with Gasteiger partial charge >= 0.3 is 0 Å². The van der Waals surface area contributed by atoms with E-state index in [4.69, 9.17) is 16.3 Å². The summed E-state index contributed by atoms with van der Waals surface area (Å²) in [4.78, 5) is 15.4. The van der Waals surface area contributed by atoms with Crippen molar-refractivity contribution in [3.8, 4) is 11.5 Å². The van der Waals surface area contributed by atoms with Gasteiger partial charge in [-0.1, -0.05) is 11.6 Å². The number of ether oxygens (including phenoxy) is 1. The van der Waals surface area contributed by atoms with E-state index in [1.54, 1.807) is 67.0 Å². The number of rotatable bonds is 6. The van der Waals surface area contributed by atoms with Gasteiger partial charge in [0.1, 0.15) is 11.5 Å². The molecular weight excluding hydrogens is 406 g/mol. The molecule has 3 aromatic rings. The predicted octanol–water partition coefficient (Wildman–Crippen LogP) is 5.28. The molecule has 0 aliphatic heterocycles. The fourth-order valence-electron chi connectivity index (χ4n) is 2.07. The van der Waals surface area contributed by atoms with E-state index in [9.17, 15) is 4.79 Å². The third kappa shape index (κ3) is 4.49. The molecule has 0 bridgehead atoms. The van der Waals surface area contributed by atoms with Crippen LogP contribution in [0.3, 0.4) is 0 Å². The lowest BCUT2D eigenvalue weighted by Crippen LogP contribution is -2.27. The Balaban J connectivity index is 1.72. The number of pyridine rings is 1. The number of hydrazine groups is 1. The normalized spacial score (nSPS) is 10.2. The van der Waals surface area contributed by atoms with Gasteiger partial charge in [-0.25, -0.2) is 5.01 Å². The number of anilines is 2. The summed E-state index contributed by atoms with van der Waals surface area (Å²) in [5.74, 6) is 1.36. The molecule has 2 aromatic carbocycles. The van der Waals surface area contributed by atoms with E-state index in [1.165, 1.54) is 5.01 Å². The van der Waals surface area contributed by atoms with Crippen molar-refractivity contribution in [2.75, 3.05) is 10.4 Å². The fourth-order valence-corrected chi connectivity index (χ4v) is 2.57. The maximum absolute atomic E-state index is 11.4. The van der Waals surface area contributed by atoms with Gasteiger partial charge < -0.3 is 4.74 Å². The summed E-state index contributed by atoms with van der Waals surface area (Å²) in [6.45, 7) is 0. The van der Waals surface area contributed by atoms with Gasteiger partial charge in [-0.15, -0.1) is 0 Å². The number of nitrogens with one attached hydrogen (secondary N) is 1. The number of aromatic nitrogens is 1. The molecule has 0 aliphatic rings. The van der Waals surface area contributed by atoms with Crippen molar-refractivity contribution >= 4 is 45.3 Å². The van der Waals surface area contributed by atoms with Gasteiger partial charge in [-0.3, -0.25) is 15.2 Å². The lowest BCUT2D eigenvalue weighted by Gasteiger charge is -2.20. The van der Waals surface area contributed by atoms with Crippen molar-refractivity contribution in [1.29, 1.82) is 0 Å². The quantitative estimate of drug-likeness (QED) is 0.437. The van der Waals surface area contributed by atoms with Crippen LogP contribution in [0, 0.1) is 0 Å². The highest BCUT2D eigenvalue weighted by atomic mass is 79.9. The van der Waals surface area contributed by atoms with Gasteiger partial charge in [0.05, 0.1) is 16.4 Å². The van der Waals surface area contributed by atoms with Crippen LogP contribution < -0.4 is 15.2 Å². The first kappa shape index (κ1) is 17.3. The molecule has 5 nitrogen and oxygen atoms in total. The molecule has 7 heteroatoms. The molecule has 1 N–H and O–H groups in total. The number of benzene rings is 2. The van der Waals surface area contributed by atoms with Gasteiger partial charge in [0.25, 0.3) is 0 Å². The van der Waals surface area contributed by atoms with Crippen molar-refractivity contribution in [1.82, 2.24) is 4.98 Å². The largest absolute Gasteiger partial charge is 0.457 e. The first-order chi connectivity index (χ1) is 12.2. The Bertz CT molecular complexity index is 860. The lowest BCUT2D eigenvalue weighted by molar-refractivity contribution is -0.107. The number of carbonyl (C=O) groups excluding carboxylic acids is 1. The lowest BCUT2D eigenvalue weighted by atomic mass is 10.3. The molecule has 0 radical (unpaired) electrons. The minimum atomic E-state index is 0.598. The molecule has 25 heavy (non-hydrogen) atoms. The smallest absolute Gasteiger partial charge is 0.232 e. The summed E-state index contributed by atoms with van der Waals surface area (Å²) in [7, 11) is 0. The Morgan fingerprint density at radius 1 is 1.04 bits per heavy atom. The second kappa shape index (κ2) is 8.00. The fraction of sp³-hybridized carbons (Fsp3) is 0. The van der Waals surface area contributed by atoms with Crippen molar-refractivity contribution in [3.05, 3.63) is 76.5 Å². The van der Waals surface area contributed by atoms with Gasteiger partial charge in [-0.05, 0) is 70.5 Å². The zero-order valence-electron chi connectivity index (χ0n) is 12.9. The summed E-state index contributed by atoms with van der Waals surface area (Å²) in [6.07, 6.45) is 4.01. The van der Waals surface area contributed by atoms with Gasteiger partial charge in [-0.2, -0.15) is 0 Å². The Kier molecular flexibility index (Phi) is 5.53. The summed E-state index contributed by atoms with van der Waals surface area (Å²) < 4.78 is 6.45. The van der Waals surface area contributed by atoms with Crippen LogP contribution in [0.4, 0.5) is 11.4 Å². The minimum absolute atomic E-state index is 0.598. The molecule has 0 spiro atoms. The molecule has 1 heterocycles. The maximum atomic E-state index is 11.4. The number of carbonyl (C=O) groups is 1. The molecule has 126 valence electrons. The Hall–Kier alpha value is -2.57. The van der Waals surface area contributed by atoms with Crippen molar-refractivity contribution in [2.45, 2.75) is 0 Å². The summed E-state index contributed by atoms with van der Waals surface area (Å²) in [6, 6.07) is 16.0. The summed E-state index contributed by atoms with van der Waals surface area (Å²) >= 11 is 9.33. The third-order valence-electron chi connectivity index (χ3n) is 3.27. The zero-order valence-corrected chi connectivity index (χ0v) is 15.2. The average molecular weight is 419 g/mol. The van der Waals surface area contributed by atoms with Crippen LogP contribution in [0.5, 0.6) is 11.5 Å². The van der Waals surface area contributed by atoms with E-state index in [-0.39, 0.29) is 0 Å². The van der Waals surface area contributed by atoms with Crippen LogP contribution in [0.2, 0.25) is 5.02 Å². The van der Waals surface area contributed by atoms with Crippen LogP contribution in [-0.2, 0) is 4.79 Å². The number of hydrogen-bond donors (Lipinski definition) is 1. The number of nitrogens with zero attached hydrogens (tertiary/aromatic N) is 2. The molecule has 0 saturated heterocycles. The molecule has 0 atom stereocenters. The molecular formula is C18H13BrClN3O2. The predicted molar refractivity (Wildman–Crippen MR) is 102 cm³/mol. The van der Waals surface area contributed by atoms with Crippen molar-refractivity contribution < 1.29 is 9.53 Å². The van der Waals surface area contributed by atoms with E-state index >= 15 is 0 Å². The highest BCUT2D eigenvalue weighted by Crippen LogP contribution is 2.27. The van der Waals surface area contributed by atoms with Crippen LogP contribution in [0.15, 0.2) is 71.5 Å². The molecule has 0 fully saturated rings. The topological polar surface area (TPSA) is 54.5 Å². The molecule has 0 saturated carbocycles. The number of amides is 1. The van der Waals surface area contributed by atoms with Crippen LogP contribution in [-0.4, -0.2) is 11.4 Å². The highest BCUT2D eigenvalue weighted by molar-refractivity contribution is 9.10. The zero-order chi connectivity index (χ0) is 17.6. The van der Waals surface area contributed by atoms with Gasteiger partial charge in [0, 0.05) is 16.9 Å². The number of halogens is 2. The standard InChI is InChI=1S/C18H13BrClN3O2/c19-17-11-13(1-6-18(17)20)22-23(12-24)14-2-4-15(5-3-14)25-16-7-9-21-10-8-16/h1-12,22H. The first-order valence-electron chi connectivity index (χ1n) is 7.30. The SMILES string of the molecule is O=CN(Nc1ccc(Cl)c(Br)c1)c1ccc(Oc2ccncc2)cc1. The molecule has 0 unspecified atom stereocenters. The Labute approximate surface area is 158 Å².